The average molecular weight is 531 g/mol. The molecule has 2 unspecified atom stereocenters. The van der Waals surface area contributed by atoms with E-state index in [0.29, 0.717) is 44.8 Å². The first-order chi connectivity index (χ1) is 18.2. The number of aromatic nitrogens is 4. The van der Waals surface area contributed by atoms with Crippen molar-refractivity contribution in [3.63, 3.8) is 0 Å². The van der Waals surface area contributed by atoms with Gasteiger partial charge in [0.1, 0.15) is 0 Å². The number of allylic oxidation sites excluding steroid dienone is 2. The minimum Gasteiger partial charge on any atom is -0.381 e. The molecule has 38 heavy (non-hydrogen) atoms. The van der Waals surface area contributed by atoms with Crippen LogP contribution in [0.4, 0.5) is 19.0 Å². The van der Waals surface area contributed by atoms with Gasteiger partial charge in [0, 0.05) is 75.6 Å². The van der Waals surface area contributed by atoms with Crippen molar-refractivity contribution in [3.8, 4) is 0 Å². The van der Waals surface area contributed by atoms with Crippen LogP contribution in [0.15, 0.2) is 30.1 Å². The van der Waals surface area contributed by atoms with E-state index in [0.717, 1.165) is 42.8 Å². The van der Waals surface area contributed by atoms with Gasteiger partial charge in [0.05, 0.1) is 30.4 Å². The Kier molecular flexibility index (Phi) is 6.36. The van der Waals surface area contributed by atoms with Crippen LogP contribution in [0.5, 0.6) is 0 Å². The number of piperidine rings is 1. The zero-order chi connectivity index (χ0) is 26.6. The second kappa shape index (κ2) is 9.59. The minimum absolute atomic E-state index is 0.00194. The van der Waals surface area contributed by atoms with Crippen molar-refractivity contribution in [2.45, 2.75) is 63.8 Å². The highest BCUT2D eigenvalue weighted by Crippen LogP contribution is 2.45. The van der Waals surface area contributed by atoms with Gasteiger partial charge in [-0.05, 0) is 37.3 Å². The molecule has 2 atom stereocenters. The highest BCUT2D eigenvalue weighted by atomic mass is 19.4. The molecule has 2 saturated heterocycles. The lowest BCUT2D eigenvalue weighted by Gasteiger charge is -2.43. The lowest BCUT2D eigenvalue weighted by molar-refractivity contribution is -0.129. The third kappa shape index (κ3) is 4.44. The van der Waals surface area contributed by atoms with Crippen molar-refractivity contribution in [1.82, 2.24) is 24.5 Å². The van der Waals surface area contributed by atoms with Crippen LogP contribution >= 0.6 is 0 Å². The lowest BCUT2D eigenvalue weighted by atomic mass is 9.79. The predicted octanol–water partition coefficient (Wildman–Crippen LogP) is 4.04. The van der Waals surface area contributed by atoms with E-state index < -0.39 is 17.8 Å². The molecule has 1 aliphatic carbocycles. The number of aryl methyl sites for hydroxylation is 1. The number of alkyl halides is 3. The monoisotopic (exact) mass is 530 g/mol. The molecule has 2 aromatic heterocycles. The fourth-order valence-corrected chi connectivity index (χ4v) is 6.47. The summed E-state index contributed by atoms with van der Waals surface area (Å²) in [7, 11) is 1.71. The van der Waals surface area contributed by atoms with Crippen LogP contribution < -0.4 is 4.90 Å². The zero-order valence-electron chi connectivity index (χ0n) is 21.7. The summed E-state index contributed by atoms with van der Waals surface area (Å²) in [5.74, 6) is 0.641. The van der Waals surface area contributed by atoms with Gasteiger partial charge >= 0.3 is 6.18 Å². The number of nitrogens with zero attached hydrogens (tertiary/aromatic N) is 6. The van der Waals surface area contributed by atoms with Gasteiger partial charge in [-0.15, -0.1) is 0 Å². The van der Waals surface area contributed by atoms with E-state index in [-0.39, 0.29) is 23.4 Å². The van der Waals surface area contributed by atoms with Crippen molar-refractivity contribution >= 4 is 17.3 Å². The lowest BCUT2D eigenvalue weighted by Crippen LogP contribution is -2.46. The van der Waals surface area contributed by atoms with Crippen LogP contribution in [-0.2, 0) is 29.5 Å². The van der Waals surface area contributed by atoms with Gasteiger partial charge < -0.3 is 14.5 Å². The Bertz CT molecular complexity index is 1290. The highest BCUT2D eigenvalue weighted by molar-refractivity contribution is 5.82. The number of ether oxygens (including phenoxy) is 1. The van der Waals surface area contributed by atoms with E-state index in [9.17, 15) is 18.0 Å². The molecule has 0 spiro atoms. The second-order valence-electron chi connectivity index (χ2n) is 10.8. The summed E-state index contributed by atoms with van der Waals surface area (Å²) in [6.07, 6.45) is 5.87. The van der Waals surface area contributed by atoms with E-state index >= 15 is 0 Å². The molecular formula is C27H33F3N6O2. The quantitative estimate of drug-likeness (QED) is 0.599. The molecule has 3 aliphatic heterocycles. The molecule has 0 radical (unpaired) electrons. The van der Waals surface area contributed by atoms with Gasteiger partial charge in [0.15, 0.2) is 5.82 Å². The van der Waals surface area contributed by atoms with Gasteiger partial charge in [-0.3, -0.25) is 14.2 Å². The number of halogens is 3. The van der Waals surface area contributed by atoms with E-state index in [1.54, 1.807) is 26.2 Å². The van der Waals surface area contributed by atoms with Gasteiger partial charge in [-0.2, -0.15) is 23.4 Å². The number of amides is 1. The van der Waals surface area contributed by atoms with Crippen LogP contribution in [0.25, 0.3) is 5.57 Å². The molecule has 2 aromatic rings. The molecular weight excluding hydrogens is 497 g/mol. The molecule has 1 amide bonds. The first-order valence-corrected chi connectivity index (χ1v) is 13.4. The van der Waals surface area contributed by atoms with Gasteiger partial charge in [0.25, 0.3) is 0 Å². The van der Waals surface area contributed by atoms with E-state index in [4.69, 9.17) is 9.84 Å². The average Bonchev–Trinajstić information content (AvgIpc) is 3.51. The van der Waals surface area contributed by atoms with Crippen LogP contribution in [-0.4, -0.2) is 68.9 Å². The number of fused-ring (bicyclic) bond motifs is 2. The first kappa shape index (κ1) is 25.2. The van der Waals surface area contributed by atoms with Gasteiger partial charge in [-0.1, -0.05) is 6.08 Å². The molecule has 6 rings (SSSR count). The van der Waals surface area contributed by atoms with Gasteiger partial charge in [0.2, 0.25) is 5.91 Å². The maximum atomic E-state index is 14.4. The molecule has 0 bridgehead atoms. The maximum absolute atomic E-state index is 14.4. The normalized spacial score (nSPS) is 24.6. The second-order valence-corrected chi connectivity index (χ2v) is 10.8. The van der Waals surface area contributed by atoms with Crippen molar-refractivity contribution in [2.24, 2.45) is 13.0 Å². The molecule has 204 valence electrons. The standard InChI is InChI=1S/C27H33F3N6O2/c1-17(37)34-9-5-24-22(16-34)26(32-36(24)20-6-10-38-11-7-20)35-8-3-4-18-12-21(19-14-31-33(2)15-19)23(13-25(18)35)27(28,29)30/h12-15,18,20,25H,3-11,16H2,1-2H3. The molecule has 0 saturated carbocycles. The largest absolute Gasteiger partial charge is 0.416 e. The fourth-order valence-electron chi connectivity index (χ4n) is 6.47. The van der Waals surface area contributed by atoms with Crippen molar-refractivity contribution in [1.29, 1.82) is 0 Å². The summed E-state index contributed by atoms with van der Waals surface area (Å²) < 4.78 is 52.4. The van der Waals surface area contributed by atoms with E-state index in [2.05, 4.69) is 14.7 Å². The number of rotatable bonds is 3. The Labute approximate surface area is 219 Å². The SMILES string of the molecule is CC(=O)N1CCc2c(c(N3CCCC4C=C(c5cnn(C)c5)C(C(F)(F)F)=CC43)nn2C2CCOCC2)C1. The fraction of sp³-hybridized carbons (Fsp3) is 0.593. The third-order valence-corrected chi connectivity index (χ3v) is 8.38. The number of carbonyl (C=O) groups is 1. The van der Waals surface area contributed by atoms with Crippen LogP contribution in [0, 0.1) is 5.92 Å². The molecule has 0 aromatic carbocycles. The zero-order valence-corrected chi connectivity index (χ0v) is 21.7. The van der Waals surface area contributed by atoms with Crippen molar-refractivity contribution < 1.29 is 22.7 Å². The molecule has 4 aliphatic rings. The first-order valence-electron chi connectivity index (χ1n) is 13.4. The number of hydrogen-bond donors (Lipinski definition) is 0. The Balaban J connectivity index is 1.42. The summed E-state index contributed by atoms with van der Waals surface area (Å²) in [5, 5.41) is 9.20. The molecule has 8 nitrogen and oxygen atoms in total. The Morgan fingerprint density at radius 1 is 1.13 bits per heavy atom. The summed E-state index contributed by atoms with van der Waals surface area (Å²) in [5.41, 5.74) is 2.13. The minimum atomic E-state index is -4.50. The highest BCUT2D eigenvalue weighted by Gasteiger charge is 2.44. The molecule has 11 heteroatoms. The summed E-state index contributed by atoms with van der Waals surface area (Å²) in [6, 6.07) is -0.268. The van der Waals surface area contributed by atoms with Crippen LogP contribution in [0.2, 0.25) is 0 Å². The summed E-state index contributed by atoms with van der Waals surface area (Å²) in [6.45, 7) is 4.58. The van der Waals surface area contributed by atoms with Crippen LogP contribution in [0.3, 0.4) is 0 Å². The number of carbonyl (C=O) groups excluding carboxylic acids is 1. The van der Waals surface area contributed by atoms with Crippen LogP contribution in [0.1, 0.15) is 55.5 Å². The maximum Gasteiger partial charge on any atom is 0.416 e. The Morgan fingerprint density at radius 2 is 1.92 bits per heavy atom. The Morgan fingerprint density at radius 3 is 2.61 bits per heavy atom. The third-order valence-electron chi connectivity index (χ3n) is 8.38. The summed E-state index contributed by atoms with van der Waals surface area (Å²) in [4.78, 5) is 16.1. The van der Waals surface area contributed by atoms with E-state index in [1.807, 2.05) is 4.90 Å². The summed E-state index contributed by atoms with van der Waals surface area (Å²) >= 11 is 0. The van der Waals surface area contributed by atoms with Crippen molar-refractivity contribution in [3.05, 3.63) is 46.9 Å². The Hall–Kier alpha value is -3.08. The molecule has 0 N–H and O–H groups in total. The predicted molar refractivity (Wildman–Crippen MR) is 135 cm³/mol. The molecule has 2 fully saturated rings. The number of anilines is 1. The van der Waals surface area contributed by atoms with E-state index in [1.165, 1.54) is 17.0 Å². The van der Waals surface area contributed by atoms with Gasteiger partial charge in [-0.25, -0.2) is 0 Å². The molecule has 5 heterocycles. The number of hydrogen-bond acceptors (Lipinski definition) is 5. The smallest absolute Gasteiger partial charge is 0.381 e. The van der Waals surface area contributed by atoms with Crippen molar-refractivity contribution in [2.75, 3.05) is 31.2 Å². The topological polar surface area (TPSA) is 68.4 Å².